The highest BCUT2D eigenvalue weighted by molar-refractivity contribution is 7.85. The van der Waals surface area contributed by atoms with Gasteiger partial charge in [-0.25, -0.2) is 0 Å². The van der Waals surface area contributed by atoms with Gasteiger partial charge >= 0.3 is 0 Å². The minimum Gasteiger partial charge on any atom is -0.391 e. The second-order valence-corrected chi connectivity index (χ2v) is 14.4. The topological polar surface area (TPSA) is 124 Å². The molecule has 0 unspecified atom stereocenters. The van der Waals surface area contributed by atoms with Crippen molar-refractivity contribution in [2.75, 3.05) is 5.75 Å². The van der Waals surface area contributed by atoms with Gasteiger partial charge in [-0.1, -0.05) is 150 Å². The van der Waals surface area contributed by atoms with Crippen LogP contribution in [-0.2, 0) is 14.9 Å². The maximum absolute atomic E-state index is 12.5. The number of nitrogens with one attached hydrogen (secondary N) is 1. The molecule has 0 spiro atoms. The maximum atomic E-state index is 12.5. The largest absolute Gasteiger partial charge is 0.391 e. The van der Waals surface area contributed by atoms with Crippen molar-refractivity contribution < 1.29 is 28.0 Å². The van der Waals surface area contributed by atoms with Crippen LogP contribution in [0.5, 0.6) is 0 Å². The molecule has 0 aromatic rings. The second-order valence-electron chi connectivity index (χ2n) is 12.9. The highest BCUT2D eigenvalue weighted by Gasteiger charge is 2.28. The Labute approximate surface area is 247 Å². The molecule has 0 aromatic carbocycles. The summed E-state index contributed by atoms with van der Waals surface area (Å²) in [6.07, 6.45) is 20.0. The molecule has 40 heavy (non-hydrogen) atoms. The smallest absolute Gasteiger partial charge is 0.266 e. The van der Waals surface area contributed by atoms with Crippen LogP contribution in [0.2, 0.25) is 0 Å². The van der Waals surface area contributed by atoms with E-state index in [-0.39, 0.29) is 0 Å². The summed E-state index contributed by atoms with van der Waals surface area (Å²) in [6.45, 7) is 9.04. The van der Waals surface area contributed by atoms with E-state index in [1.54, 1.807) is 0 Å². The average molecular weight is 592 g/mol. The zero-order valence-electron chi connectivity index (χ0n) is 26.4. The lowest BCUT2D eigenvalue weighted by Crippen LogP contribution is -2.50. The SMILES string of the molecule is CC(C)CCCCCCCCCCC[C@@H](O)[C@@H](CS(=O)(=O)O)NC(=O)[C@H](O)CCCCCCCCCCC(C)C. The number of aliphatic hydroxyl groups excluding tert-OH is 2. The van der Waals surface area contributed by atoms with Crippen molar-refractivity contribution >= 4 is 16.0 Å². The summed E-state index contributed by atoms with van der Waals surface area (Å²) in [7, 11) is -4.39. The average Bonchev–Trinajstić information content (AvgIpc) is 2.86. The second kappa shape index (κ2) is 24.9. The Morgan fingerprint density at radius 3 is 1.25 bits per heavy atom. The third kappa shape index (κ3) is 26.2. The fraction of sp³-hybridized carbons (Fsp3) is 0.969. The Kier molecular flexibility index (Phi) is 24.4. The molecule has 0 radical (unpaired) electrons. The zero-order chi connectivity index (χ0) is 30.2. The molecule has 8 heteroatoms. The number of carbonyl (C=O) groups excluding carboxylic acids is 1. The summed E-state index contributed by atoms with van der Waals surface area (Å²) in [5, 5.41) is 23.3. The van der Waals surface area contributed by atoms with E-state index in [1.807, 2.05) is 0 Å². The number of hydrogen-bond acceptors (Lipinski definition) is 5. The Hall–Kier alpha value is -0.700. The van der Waals surface area contributed by atoms with Crippen molar-refractivity contribution in [3.05, 3.63) is 0 Å². The van der Waals surface area contributed by atoms with Crippen LogP contribution in [0.3, 0.4) is 0 Å². The van der Waals surface area contributed by atoms with Crippen molar-refractivity contribution in [3.8, 4) is 0 Å². The van der Waals surface area contributed by atoms with Crippen LogP contribution in [0.25, 0.3) is 0 Å². The predicted molar refractivity (Wildman–Crippen MR) is 167 cm³/mol. The van der Waals surface area contributed by atoms with Gasteiger partial charge in [0.05, 0.1) is 17.9 Å². The maximum Gasteiger partial charge on any atom is 0.266 e. The van der Waals surface area contributed by atoms with Crippen LogP contribution in [0.15, 0.2) is 0 Å². The first-order chi connectivity index (χ1) is 18.9. The highest BCUT2D eigenvalue weighted by Crippen LogP contribution is 2.16. The first-order valence-corrected chi connectivity index (χ1v) is 18.1. The van der Waals surface area contributed by atoms with Crippen molar-refractivity contribution in [1.29, 1.82) is 0 Å². The van der Waals surface area contributed by atoms with E-state index in [0.717, 1.165) is 50.4 Å². The Bertz CT molecular complexity index is 698. The summed E-state index contributed by atoms with van der Waals surface area (Å²) in [5.74, 6) is 0.102. The first kappa shape index (κ1) is 39.3. The van der Waals surface area contributed by atoms with E-state index in [1.165, 1.54) is 70.6 Å². The summed E-state index contributed by atoms with van der Waals surface area (Å²) in [5.41, 5.74) is 0. The van der Waals surface area contributed by atoms with E-state index in [4.69, 9.17) is 0 Å². The Morgan fingerprint density at radius 2 is 0.900 bits per heavy atom. The molecule has 0 aliphatic carbocycles. The standard InChI is InChI=1S/C32H65NO6S/c1-27(2)22-18-14-10-6-5-7-12-16-20-24-30(34)29(26-40(37,38)39)33-32(36)31(35)25-21-17-13-9-8-11-15-19-23-28(3)4/h27-31,34-35H,5-26H2,1-4H3,(H,33,36)(H,37,38,39)/t29-,30-,31-/m1/s1. The molecule has 7 nitrogen and oxygen atoms in total. The first-order valence-electron chi connectivity index (χ1n) is 16.5. The van der Waals surface area contributed by atoms with Crippen LogP contribution in [0, 0.1) is 11.8 Å². The fourth-order valence-corrected chi connectivity index (χ4v) is 5.94. The van der Waals surface area contributed by atoms with Crippen LogP contribution in [-0.4, -0.2) is 53.1 Å². The van der Waals surface area contributed by atoms with Gasteiger partial charge in [-0.2, -0.15) is 8.42 Å². The normalized spacial score (nSPS) is 14.5. The number of carbonyl (C=O) groups is 1. The number of hydrogen-bond donors (Lipinski definition) is 4. The van der Waals surface area contributed by atoms with Gasteiger partial charge < -0.3 is 15.5 Å². The molecule has 0 saturated carbocycles. The zero-order valence-corrected chi connectivity index (χ0v) is 27.2. The van der Waals surface area contributed by atoms with Gasteiger partial charge in [0.25, 0.3) is 10.1 Å². The van der Waals surface area contributed by atoms with Gasteiger partial charge in [-0.3, -0.25) is 9.35 Å². The van der Waals surface area contributed by atoms with Gasteiger partial charge in [0.1, 0.15) is 6.10 Å². The van der Waals surface area contributed by atoms with Gasteiger partial charge in [0.15, 0.2) is 0 Å². The van der Waals surface area contributed by atoms with Gasteiger partial charge in [-0.15, -0.1) is 0 Å². The van der Waals surface area contributed by atoms with Gasteiger partial charge in [0.2, 0.25) is 5.91 Å². The summed E-state index contributed by atoms with van der Waals surface area (Å²) in [4.78, 5) is 12.5. The van der Waals surface area contributed by atoms with E-state index in [0.29, 0.717) is 25.7 Å². The molecule has 1 amide bonds. The third-order valence-corrected chi connectivity index (χ3v) is 8.56. The van der Waals surface area contributed by atoms with Crippen LogP contribution in [0.4, 0.5) is 0 Å². The molecule has 4 N–H and O–H groups in total. The molecule has 0 aromatic heterocycles. The lowest BCUT2D eigenvalue weighted by molar-refractivity contribution is -0.131. The molecule has 3 atom stereocenters. The monoisotopic (exact) mass is 591 g/mol. The number of aliphatic hydroxyl groups is 2. The Balaban J connectivity index is 4.14. The Morgan fingerprint density at radius 1 is 0.575 bits per heavy atom. The molecule has 0 aliphatic heterocycles. The lowest BCUT2D eigenvalue weighted by Gasteiger charge is -2.24. The van der Waals surface area contributed by atoms with Crippen molar-refractivity contribution in [2.24, 2.45) is 11.8 Å². The third-order valence-electron chi connectivity index (χ3n) is 7.78. The minimum absolute atomic E-state index is 0.298. The quantitative estimate of drug-likeness (QED) is 0.0549. The van der Waals surface area contributed by atoms with E-state index < -0.39 is 40.0 Å². The molecular formula is C32H65NO6S. The summed E-state index contributed by atoms with van der Waals surface area (Å²) >= 11 is 0. The van der Waals surface area contributed by atoms with Crippen LogP contribution < -0.4 is 5.32 Å². The molecule has 0 saturated heterocycles. The summed E-state index contributed by atoms with van der Waals surface area (Å²) < 4.78 is 32.3. The van der Waals surface area contributed by atoms with E-state index >= 15 is 0 Å². The molecule has 0 aliphatic rings. The molecule has 0 bridgehead atoms. The van der Waals surface area contributed by atoms with E-state index in [9.17, 15) is 28.0 Å². The highest BCUT2D eigenvalue weighted by atomic mass is 32.2. The number of unbranched alkanes of at least 4 members (excludes halogenated alkanes) is 15. The number of rotatable bonds is 28. The molecule has 0 rings (SSSR count). The molecular weight excluding hydrogens is 526 g/mol. The van der Waals surface area contributed by atoms with Gasteiger partial charge in [-0.05, 0) is 24.7 Å². The molecule has 240 valence electrons. The molecule has 0 fully saturated rings. The number of amides is 1. The fourth-order valence-electron chi connectivity index (χ4n) is 5.18. The van der Waals surface area contributed by atoms with Crippen LogP contribution in [0.1, 0.15) is 163 Å². The van der Waals surface area contributed by atoms with Crippen LogP contribution >= 0.6 is 0 Å². The van der Waals surface area contributed by atoms with Crippen molar-refractivity contribution in [1.82, 2.24) is 5.32 Å². The minimum atomic E-state index is -4.39. The molecule has 0 heterocycles. The van der Waals surface area contributed by atoms with Crippen molar-refractivity contribution in [2.45, 2.75) is 181 Å². The predicted octanol–water partition coefficient (Wildman–Crippen LogP) is 7.58. The summed E-state index contributed by atoms with van der Waals surface area (Å²) in [6, 6.07) is -1.14. The van der Waals surface area contributed by atoms with Gasteiger partial charge in [0, 0.05) is 0 Å². The van der Waals surface area contributed by atoms with Crippen molar-refractivity contribution in [3.63, 3.8) is 0 Å². The van der Waals surface area contributed by atoms with E-state index in [2.05, 4.69) is 33.0 Å². The lowest BCUT2D eigenvalue weighted by atomic mass is 10.0.